The van der Waals surface area contributed by atoms with Crippen LogP contribution in [0.1, 0.15) is 15.2 Å². The first-order valence-corrected chi connectivity index (χ1v) is 9.57. The topological polar surface area (TPSA) is 103 Å². The Bertz CT molecular complexity index is 1200. The Labute approximate surface area is 180 Å². The van der Waals surface area contributed by atoms with Gasteiger partial charge in [0.2, 0.25) is 0 Å². The van der Waals surface area contributed by atoms with E-state index in [1.165, 1.54) is 36.8 Å². The summed E-state index contributed by atoms with van der Waals surface area (Å²) in [6.45, 7) is 0.0396. The van der Waals surface area contributed by atoms with Crippen molar-refractivity contribution in [3.05, 3.63) is 62.0 Å². The first-order valence-electron chi connectivity index (χ1n) is 8.38. The number of nitrogens with one attached hydrogen (secondary N) is 1. The SMILES string of the molecule is C#CCOc1c(Cl)cc(C=NNC(=O)c2cc3cc([N+](=O)[O-])ccc3s2)cc1OC. The number of non-ortho nitro benzene ring substituents is 1. The predicted octanol–water partition coefficient (Wildman–Crippen LogP) is 4.25. The molecule has 0 spiro atoms. The highest BCUT2D eigenvalue weighted by Crippen LogP contribution is 2.36. The lowest BCUT2D eigenvalue weighted by molar-refractivity contribution is -0.384. The molecular weight excluding hydrogens is 430 g/mol. The molecule has 0 aliphatic rings. The molecule has 2 aromatic carbocycles. The largest absolute Gasteiger partial charge is 0.493 e. The van der Waals surface area contributed by atoms with E-state index in [4.69, 9.17) is 27.5 Å². The quantitative estimate of drug-likeness (QED) is 0.254. The number of nitro benzene ring substituents is 1. The summed E-state index contributed by atoms with van der Waals surface area (Å²) >= 11 is 7.41. The minimum atomic E-state index is -0.483. The maximum atomic E-state index is 12.3. The van der Waals surface area contributed by atoms with Crippen LogP contribution in [0.3, 0.4) is 0 Å². The number of benzene rings is 2. The first-order chi connectivity index (χ1) is 14.4. The average Bonchev–Trinajstić information content (AvgIpc) is 3.16. The number of amides is 1. The van der Waals surface area contributed by atoms with Gasteiger partial charge in [-0.2, -0.15) is 5.10 Å². The predicted molar refractivity (Wildman–Crippen MR) is 116 cm³/mol. The van der Waals surface area contributed by atoms with Crippen molar-refractivity contribution in [3.63, 3.8) is 0 Å². The van der Waals surface area contributed by atoms with Gasteiger partial charge < -0.3 is 9.47 Å². The van der Waals surface area contributed by atoms with Crippen molar-refractivity contribution in [1.29, 1.82) is 0 Å². The van der Waals surface area contributed by atoms with Gasteiger partial charge in [-0.15, -0.1) is 17.8 Å². The van der Waals surface area contributed by atoms with Crippen molar-refractivity contribution in [1.82, 2.24) is 5.43 Å². The summed E-state index contributed by atoms with van der Waals surface area (Å²) in [5, 5.41) is 15.7. The number of carbonyl (C=O) groups is 1. The Balaban J connectivity index is 1.74. The summed E-state index contributed by atoms with van der Waals surface area (Å²) in [6.07, 6.45) is 6.58. The molecule has 0 saturated heterocycles. The third kappa shape index (κ3) is 4.68. The summed E-state index contributed by atoms with van der Waals surface area (Å²) in [4.78, 5) is 23.1. The smallest absolute Gasteiger partial charge is 0.281 e. The highest BCUT2D eigenvalue weighted by molar-refractivity contribution is 7.20. The van der Waals surface area contributed by atoms with Gasteiger partial charge in [0.15, 0.2) is 11.5 Å². The summed E-state index contributed by atoms with van der Waals surface area (Å²) in [5.74, 6) is 2.59. The van der Waals surface area contributed by atoms with Gasteiger partial charge >= 0.3 is 0 Å². The van der Waals surface area contributed by atoms with E-state index in [2.05, 4.69) is 16.4 Å². The van der Waals surface area contributed by atoms with Crippen molar-refractivity contribution >= 4 is 50.8 Å². The number of hydrogen-bond acceptors (Lipinski definition) is 7. The van der Waals surface area contributed by atoms with Gasteiger partial charge in [0.1, 0.15) is 6.61 Å². The van der Waals surface area contributed by atoms with Crippen LogP contribution in [0.15, 0.2) is 41.5 Å². The monoisotopic (exact) mass is 443 g/mol. The Morgan fingerprint density at radius 1 is 1.40 bits per heavy atom. The molecular formula is C20H14ClN3O5S. The van der Waals surface area contributed by atoms with Crippen LogP contribution in [0.5, 0.6) is 11.5 Å². The van der Waals surface area contributed by atoms with Crippen molar-refractivity contribution in [2.75, 3.05) is 13.7 Å². The Morgan fingerprint density at radius 3 is 2.90 bits per heavy atom. The molecule has 1 N–H and O–H groups in total. The molecule has 152 valence electrons. The van der Waals surface area contributed by atoms with Crippen molar-refractivity contribution in [2.45, 2.75) is 0 Å². The van der Waals surface area contributed by atoms with Gasteiger partial charge in [0, 0.05) is 22.2 Å². The highest BCUT2D eigenvalue weighted by Gasteiger charge is 2.14. The minimum absolute atomic E-state index is 0.0363. The standard InChI is InChI=1S/C20H14ClN3O5S/c1-3-6-29-19-15(21)7-12(8-16(19)28-2)11-22-23-20(25)18-10-13-9-14(24(26)27)4-5-17(13)30-18/h1,4-5,7-11H,6H2,2H3,(H,23,25). The molecule has 0 aliphatic heterocycles. The van der Waals surface area contributed by atoms with Gasteiger partial charge in [-0.1, -0.05) is 17.5 Å². The van der Waals surface area contributed by atoms with Crippen LogP contribution in [-0.4, -0.2) is 30.8 Å². The molecule has 0 bridgehead atoms. The van der Waals surface area contributed by atoms with E-state index in [-0.39, 0.29) is 17.3 Å². The van der Waals surface area contributed by atoms with Gasteiger partial charge in [-0.3, -0.25) is 14.9 Å². The summed E-state index contributed by atoms with van der Waals surface area (Å²) in [6, 6.07) is 9.22. The Kier molecular flexibility index (Phi) is 6.51. The molecule has 1 heterocycles. The van der Waals surface area contributed by atoms with E-state index in [9.17, 15) is 14.9 Å². The van der Waals surface area contributed by atoms with Crippen molar-refractivity contribution < 1.29 is 19.2 Å². The van der Waals surface area contributed by atoms with E-state index in [1.54, 1.807) is 24.3 Å². The van der Waals surface area contributed by atoms with E-state index >= 15 is 0 Å². The zero-order valence-corrected chi connectivity index (χ0v) is 17.1. The fourth-order valence-electron chi connectivity index (χ4n) is 2.54. The Morgan fingerprint density at radius 2 is 2.20 bits per heavy atom. The lowest BCUT2D eigenvalue weighted by Gasteiger charge is -2.11. The summed E-state index contributed by atoms with van der Waals surface area (Å²) < 4.78 is 11.4. The van der Waals surface area contributed by atoms with Crippen molar-refractivity contribution in [3.8, 4) is 23.8 Å². The molecule has 1 aromatic heterocycles. The second-order valence-electron chi connectivity index (χ2n) is 5.82. The zero-order valence-electron chi connectivity index (χ0n) is 15.5. The number of hydrazone groups is 1. The zero-order chi connectivity index (χ0) is 21.7. The molecule has 0 unspecified atom stereocenters. The van der Waals surface area contributed by atoms with Gasteiger partial charge in [0.05, 0.1) is 28.1 Å². The lowest BCUT2D eigenvalue weighted by atomic mass is 10.2. The molecule has 0 atom stereocenters. The number of rotatable bonds is 7. The minimum Gasteiger partial charge on any atom is -0.493 e. The third-order valence-electron chi connectivity index (χ3n) is 3.87. The third-order valence-corrected chi connectivity index (χ3v) is 5.26. The summed E-state index contributed by atoms with van der Waals surface area (Å²) in [7, 11) is 1.46. The van der Waals surface area contributed by atoms with Crippen molar-refractivity contribution in [2.24, 2.45) is 5.10 Å². The number of nitro groups is 1. The van der Waals surface area contributed by atoms with E-state index in [0.717, 1.165) is 4.70 Å². The number of halogens is 1. The molecule has 10 heteroatoms. The number of hydrogen-bond donors (Lipinski definition) is 1. The van der Waals surface area contributed by atoms with Crippen LogP contribution in [-0.2, 0) is 0 Å². The van der Waals surface area contributed by atoms with Gasteiger partial charge in [-0.25, -0.2) is 5.43 Å². The molecule has 0 radical (unpaired) electrons. The Hall–Kier alpha value is -3.61. The van der Waals surface area contributed by atoms with E-state index < -0.39 is 10.8 Å². The van der Waals surface area contributed by atoms with Gasteiger partial charge in [0.25, 0.3) is 11.6 Å². The number of methoxy groups -OCH3 is 1. The number of nitrogens with zero attached hydrogens (tertiary/aromatic N) is 2. The molecule has 30 heavy (non-hydrogen) atoms. The second kappa shape index (κ2) is 9.26. The second-order valence-corrected chi connectivity index (χ2v) is 7.31. The van der Waals surface area contributed by atoms with Gasteiger partial charge in [-0.05, 0) is 29.8 Å². The fourth-order valence-corrected chi connectivity index (χ4v) is 3.75. The number of ether oxygens (including phenoxy) is 2. The van der Waals surface area contributed by atoms with E-state index in [1.807, 2.05) is 0 Å². The van der Waals surface area contributed by atoms with Crippen LogP contribution in [0.4, 0.5) is 5.69 Å². The number of thiophene rings is 1. The number of fused-ring (bicyclic) bond motifs is 1. The maximum Gasteiger partial charge on any atom is 0.281 e. The molecule has 0 saturated carbocycles. The molecule has 0 fully saturated rings. The molecule has 1 amide bonds. The van der Waals surface area contributed by atoms with E-state index in [0.29, 0.717) is 27.3 Å². The molecule has 3 rings (SSSR count). The van der Waals surface area contributed by atoms with Crippen LogP contribution >= 0.6 is 22.9 Å². The number of terminal acetylenes is 1. The molecule has 0 aliphatic carbocycles. The normalized spacial score (nSPS) is 10.7. The fraction of sp³-hybridized carbons (Fsp3) is 0.100. The molecule has 8 nitrogen and oxygen atoms in total. The molecule has 3 aromatic rings. The first kappa shape index (κ1) is 21.1. The van der Waals surface area contributed by atoms with Crippen LogP contribution in [0.25, 0.3) is 10.1 Å². The summed E-state index contributed by atoms with van der Waals surface area (Å²) in [5.41, 5.74) is 2.95. The number of carbonyl (C=O) groups excluding carboxylic acids is 1. The van der Waals surface area contributed by atoms with Crippen LogP contribution in [0, 0.1) is 22.5 Å². The lowest BCUT2D eigenvalue weighted by Crippen LogP contribution is -2.16. The van der Waals surface area contributed by atoms with Crippen LogP contribution in [0.2, 0.25) is 5.02 Å². The average molecular weight is 444 g/mol. The maximum absolute atomic E-state index is 12.3. The van der Waals surface area contributed by atoms with Crippen LogP contribution < -0.4 is 14.9 Å². The highest BCUT2D eigenvalue weighted by atomic mass is 35.5.